The number of rotatable bonds is 4. The molecule has 0 atom stereocenters. The Hall–Kier alpha value is -1.12. The predicted molar refractivity (Wildman–Crippen MR) is 87.5 cm³/mol. The van der Waals surface area contributed by atoms with Crippen molar-refractivity contribution in [2.75, 3.05) is 4.72 Å². The Kier molecular flexibility index (Phi) is 4.60. The van der Waals surface area contributed by atoms with Gasteiger partial charge in [-0.2, -0.15) is 9.36 Å². The molecule has 21 heavy (non-hydrogen) atoms. The quantitative estimate of drug-likeness (QED) is 0.860. The van der Waals surface area contributed by atoms with E-state index in [4.69, 9.17) is 0 Å². The number of sulfonamides is 1. The molecule has 0 unspecified atom stereocenters. The summed E-state index contributed by atoms with van der Waals surface area (Å²) >= 11 is 2.54. The van der Waals surface area contributed by atoms with Crippen LogP contribution in [0.5, 0.6) is 0 Å². The lowest BCUT2D eigenvalue weighted by atomic mass is 10.2. The lowest BCUT2D eigenvalue weighted by Crippen LogP contribution is -2.12. The number of benzene rings is 1. The van der Waals surface area contributed by atoms with Crippen LogP contribution in [-0.2, 0) is 10.0 Å². The molecule has 114 valence electrons. The van der Waals surface area contributed by atoms with E-state index in [1.165, 1.54) is 11.8 Å². The minimum Gasteiger partial charge on any atom is -0.253 e. The summed E-state index contributed by atoms with van der Waals surface area (Å²) in [6.07, 6.45) is 0. The number of anilines is 1. The fourth-order valence-corrected chi connectivity index (χ4v) is 4.16. The van der Waals surface area contributed by atoms with E-state index in [9.17, 15) is 8.42 Å². The Balaban J connectivity index is 2.16. The Morgan fingerprint density at radius 3 is 2.38 bits per heavy atom. The molecule has 5 nitrogen and oxygen atoms in total. The third kappa shape index (κ3) is 4.69. The van der Waals surface area contributed by atoms with Gasteiger partial charge in [0.05, 0.1) is 4.90 Å². The summed E-state index contributed by atoms with van der Waals surface area (Å²) in [6.45, 7) is 8.06. The van der Waals surface area contributed by atoms with Gasteiger partial charge in [-0.15, -0.1) is 0 Å². The van der Waals surface area contributed by atoms with Gasteiger partial charge in [-0.3, -0.25) is 4.72 Å². The number of nitrogens with one attached hydrogen (secondary N) is 1. The summed E-state index contributed by atoms with van der Waals surface area (Å²) in [4.78, 5) is 4.42. The zero-order valence-corrected chi connectivity index (χ0v) is 14.7. The highest BCUT2D eigenvalue weighted by Gasteiger charge is 2.19. The third-order valence-electron chi connectivity index (χ3n) is 2.36. The number of aryl methyl sites for hydroxylation is 1. The monoisotopic (exact) mass is 343 g/mol. The van der Waals surface area contributed by atoms with Crippen molar-refractivity contribution in [2.45, 2.75) is 42.5 Å². The standard InChI is InChI=1S/C13H17N3O2S3/c1-9-5-7-10(8-6-9)21(17,18)16-12-14-11(15-20-12)19-13(2,3)4/h5-8H,1-4H3,(H,14,15,16). The van der Waals surface area contributed by atoms with Gasteiger partial charge in [0.1, 0.15) is 0 Å². The van der Waals surface area contributed by atoms with Crippen LogP contribution in [0, 0.1) is 6.92 Å². The predicted octanol–water partition coefficient (Wildman–Crippen LogP) is 3.54. The SMILES string of the molecule is Cc1ccc(S(=O)(=O)Nc2nc(SC(C)(C)C)ns2)cc1. The van der Waals surface area contributed by atoms with Gasteiger partial charge < -0.3 is 0 Å². The lowest BCUT2D eigenvalue weighted by Gasteiger charge is -2.13. The van der Waals surface area contributed by atoms with Gasteiger partial charge in [0, 0.05) is 16.3 Å². The number of nitrogens with zero attached hydrogens (tertiary/aromatic N) is 2. The van der Waals surface area contributed by atoms with E-state index in [-0.39, 0.29) is 14.8 Å². The van der Waals surface area contributed by atoms with Crippen LogP contribution in [0.1, 0.15) is 26.3 Å². The summed E-state index contributed by atoms with van der Waals surface area (Å²) in [5.41, 5.74) is 1.01. The maximum Gasteiger partial charge on any atom is 0.263 e. The second kappa shape index (κ2) is 5.94. The normalized spacial score (nSPS) is 12.4. The van der Waals surface area contributed by atoms with Gasteiger partial charge >= 0.3 is 0 Å². The average Bonchev–Trinajstić information content (AvgIpc) is 2.73. The van der Waals surface area contributed by atoms with Gasteiger partial charge in [-0.25, -0.2) is 8.42 Å². The van der Waals surface area contributed by atoms with E-state index in [0.717, 1.165) is 17.1 Å². The Labute approximate surface area is 133 Å². The van der Waals surface area contributed by atoms with Crippen molar-refractivity contribution in [1.29, 1.82) is 0 Å². The second-order valence-electron chi connectivity index (χ2n) is 5.52. The van der Waals surface area contributed by atoms with Crippen molar-refractivity contribution >= 4 is 38.4 Å². The molecule has 0 fully saturated rings. The van der Waals surface area contributed by atoms with E-state index in [0.29, 0.717) is 5.16 Å². The zero-order valence-electron chi connectivity index (χ0n) is 12.2. The van der Waals surface area contributed by atoms with Crippen molar-refractivity contribution in [3.05, 3.63) is 29.8 Å². The molecule has 0 saturated carbocycles. The van der Waals surface area contributed by atoms with Crippen LogP contribution in [0.3, 0.4) is 0 Å². The molecule has 0 spiro atoms. The first-order valence-electron chi connectivity index (χ1n) is 6.28. The van der Waals surface area contributed by atoms with Crippen LogP contribution in [0.15, 0.2) is 34.3 Å². The molecule has 0 amide bonds. The minimum atomic E-state index is -3.61. The molecule has 2 rings (SSSR count). The van der Waals surface area contributed by atoms with Crippen LogP contribution in [-0.4, -0.2) is 22.5 Å². The summed E-state index contributed by atoms with van der Waals surface area (Å²) in [5.74, 6) is 0. The molecule has 1 N–H and O–H groups in total. The maximum atomic E-state index is 12.2. The molecular weight excluding hydrogens is 326 g/mol. The van der Waals surface area contributed by atoms with E-state index in [2.05, 4.69) is 34.9 Å². The summed E-state index contributed by atoms with van der Waals surface area (Å²) < 4.78 is 31.1. The zero-order chi connectivity index (χ0) is 15.7. The molecule has 0 saturated heterocycles. The third-order valence-corrected chi connectivity index (χ3v) is 5.57. The number of hydrogen-bond acceptors (Lipinski definition) is 6. The minimum absolute atomic E-state index is 0.0197. The van der Waals surface area contributed by atoms with E-state index >= 15 is 0 Å². The maximum absolute atomic E-state index is 12.2. The first kappa shape index (κ1) is 16.3. The second-order valence-corrected chi connectivity index (χ2v) is 9.74. The first-order valence-corrected chi connectivity index (χ1v) is 9.35. The largest absolute Gasteiger partial charge is 0.263 e. The number of aromatic nitrogens is 2. The number of thioether (sulfide) groups is 1. The molecule has 0 aliphatic carbocycles. The Morgan fingerprint density at radius 2 is 1.81 bits per heavy atom. The van der Waals surface area contributed by atoms with E-state index in [1.54, 1.807) is 24.3 Å². The number of hydrogen-bond donors (Lipinski definition) is 1. The summed E-state index contributed by atoms with van der Waals surface area (Å²) in [5, 5.41) is 0.858. The van der Waals surface area contributed by atoms with Crippen LogP contribution < -0.4 is 4.72 Å². The van der Waals surface area contributed by atoms with Crippen LogP contribution in [0.2, 0.25) is 0 Å². The Bertz CT molecular complexity index is 716. The topological polar surface area (TPSA) is 72.0 Å². The molecule has 0 aliphatic heterocycles. The molecule has 1 aromatic carbocycles. The van der Waals surface area contributed by atoms with Gasteiger partial charge in [0.15, 0.2) is 0 Å². The van der Waals surface area contributed by atoms with Crippen molar-refractivity contribution in [3.8, 4) is 0 Å². The van der Waals surface area contributed by atoms with Crippen molar-refractivity contribution in [3.63, 3.8) is 0 Å². The van der Waals surface area contributed by atoms with Gasteiger partial charge in [0.2, 0.25) is 10.3 Å². The smallest absolute Gasteiger partial charge is 0.253 e. The van der Waals surface area contributed by atoms with Crippen LogP contribution >= 0.6 is 23.3 Å². The average molecular weight is 343 g/mol. The highest BCUT2D eigenvalue weighted by molar-refractivity contribution is 8.00. The molecule has 0 bridgehead atoms. The van der Waals surface area contributed by atoms with E-state index < -0.39 is 10.0 Å². The molecule has 0 aliphatic rings. The Morgan fingerprint density at radius 1 is 1.19 bits per heavy atom. The molecule has 1 heterocycles. The van der Waals surface area contributed by atoms with Gasteiger partial charge in [-0.05, 0) is 19.1 Å². The van der Waals surface area contributed by atoms with Gasteiger partial charge in [0.25, 0.3) is 10.0 Å². The van der Waals surface area contributed by atoms with Crippen molar-refractivity contribution < 1.29 is 8.42 Å². The first-order chi connectivity index (χ1) is 9.66. The van der Waals surface area contributed by atoms with Gasteiger partial charge in [-0.1, -0.05) is 50.2 Å². The van der Waals surface area contributed by atoms with E-state index in [1.807, 2.05) is 6.92 Å². The summed E-state index contributed by atoms with van der Waals surface area (Å²) in [7, 11) is -3.61. The fourth-order valence-electron chi connectivity index (χ4n) is 1.46. The molecule has 1 aromatic heterocycles. The van der Waals surface area contributed by atoms with Crippen LogP contribution in [0.4, 0.5) is 5.13 Å². The molecular formula is C13H17N3O2S3. The molecule has 8 heteroatoms. The van der Waals surface area contributed by atoms with Crippen LogP contribution in [0.25, 0.3) is 0 Å². The lowest BCUT2D eigenvalue weighted by molar-refractivity contribution is 0.601. The highest BCUT2D eigenvalue weighted by Crippen LogP contribution is 2.31. The highest BCUT2D eigenvalue weighted by atomic mass is 32.2. The fraction of sp³-hybridized carbons (Fsp3) is 0.385. The summed E-state index contributed by atoms with van der Waals surface area (Å²) in [6, 6.07) is 6.66. The molecule has 2 aromatic rings. The molecule has 0 radical (unpaired) electrons. The van der Waals surface area contributed by atoms with Crippen molar-refractivity contribution in [1.82, 2.24) is 9.36 Å². The van der Waals surface area contributed by atoms with Crippen molar-refractivity contribution in [2.24, 2.45) is 0 Å².